The lowest BCUT2D eigenvalue weighted by atomic mass is 10.1. The number of aromatic nitrogens is 2. The molecular weight excluding hydrogens is 274 g/mol. The average Bonchev–Trinajstić information content (AvgIpc) is 3.09. The highest BCUT2D eigenvalue weighted by Crippen LogP contribution is 2.52. The van der Waals surface area contributed by atoms with E-state index in [0.717, 1.165) is 35.0 Å². The topological polar surface area (TPSA) is 70.1 Å². The van der Waals surface area contributed by atoms with Crippen molar-refractivity contribution in [2.75, 3.05) is 18.6 Å². The van der Waals surface area contributed by atoms with Gasteiger partial charge in [-0.25, -0.2) is 0 Å². The fraction of sp³-hybridized carbons (Fsp3) is 0.714. The zero-order valence-electron chi connectivity index (χ0n) is 12.6. The van der Waals surface area contributed by atoms with Crippen molar-refractivity contribution in [1.82, 2.24) is 9.78 Å². The number of carbonyl (C=O) groups excluding carboxylic acids is 1. The van der Waals surface area contributed by atoms with Gasteiger partial charge in [0, 0.05) is 11.8 Å². The molecule has 2 N–H and O–H groups in total. The van der Waals surface area contributed by atoms with Crippen molar-refractivity contribution in [3.8, 4) is 0 Å². The number of thioether (sulfide) groups is 1. The molecule has 20 heavy (non-hydrogen) atoms. The molecule has 6 heteroatoms. The molecular formula is C14H23N3O2S. The van der Waals surface area contributed by atoms with Crippen LogP contribution in [0.5, 0.6) is 0 Å². The van der Waals surface area contributed by atoms with Crippen LogP contribution in [0.2, 0.25) is 0 Å². The minimum Gasteiger partial charge on any atom is -0.469 e. The second-order valence-electron chi connectivity index (χ2n) is 5.88. The number of rotatable bonds is 6. The van der Waals surface area contributed by atoms with Crippen LogP contribution in [0, 0.1) is 12.3 Å². The lowest BCUT2D eigenvalue weighted by Crippen LogP contribution is -2.14. The van der Waals surface area contributed by atoms with E-state index < -0.39 is 0 Å². The number of nitrogens with zero attached hydrogens (tertiary/aromatic N) is 2. The van der Waals surface area contributed by atoms with Gasteiger partial charge in [-0.3, -0.25) is 9.48 Å². The number of carbonyl (C=O) groups is 1. The van der Waals surface area contributed by atoms with Gasteiger partial charge in [0.1, 0.15) is 5.03 Å². The van der Waals surface area contributed by atoms with E-state index >= 15 is 0 Å². The van der Waals surface area contributed by atoms with Gasteiger partial charge in [-0.2, -0.15) is 5.10 Å². The van der Waals surface area contributed by atoms with Crippen molar-refractivity contribution >= 4 is 23.4 Å². The Morgan fingerprint density at radius 1 is 1.55 bits per heavy atom. The third-order valence-corrected chi connectivity index (χ3v) is 5.23. The maximum atomic E-state index is 11.5. The molecule has 5 nitrogen and oxygen atoms in total. The van der Waals surface area contributed by atoms with Crippen LogP contribution in [-0.2, 0) is 9.53 Å². The molecule has 0 atom stereocenters. The van der Waals surface area contributed by atoms with Gasteiger partial charge in [-0.15, -0.1) is 11.8 Å². The van der Waals surface area contributed by atoms with Crippen LogP contribution >= 0.6 is 11.8 Å². The smallest absolute Gasteiger partial charge is 0.306 e. The number of methoxy groups -OCH3 is 1. The van der Waals surface area contributed by atoms with E-state index in [1.165, 1.54) is 7.11 Å². The highest BCUT2D eigenvalue weighted by molar-refractivity contribution is 7.99. The van der Waals surface area contributed by atoms with Gasteiger partial charge in [0.05, 0.1) is 24.9 Å². The number of aryl methyl sites for hydroxylation is 1. The molecule has 1 aromatic heterocycles. The highest BCUT2D eigenvalue weighted by atomic mass is 32.2. The molecule has 1 aliphatic rings. The fourth-order valence-corrected chi connectivity index (χ4v) is 3.70. The number of nitrogen functional groups attached to an aromatic ring is 1. The Labute approximate surface area is 124 Å². The van der Waals surface area contributed by atoms with E-state index in [0.29, 0.717) is 6.42 Å². The summed E-state index contributed by atoms with van der Waals surface area (Å²) >= 11 is 1.71. The van der Waals surface area contributed by atoms with E-state index in [4.69, 9.17) is 10.5 Å². The lowest BCUT2D eigenvalue weighted by Gasteiger charge is -2.15. The molecule has 1 heterocycles. The Morgan fingerprint density at radius 2 is 2.20 bits per heavy atom. The Hall–Kier alpha value is -1.17. The van der Waals surface area contributed by atoms with E-state index in [1.54, 1.807) is 11.8 Å². The molecule has 0 unspecified atom stereocenters. The first-order chi connectivity index (χ1) is 9.38. The van der Waals surface area contributed by atoms with Gasteiger partial charge in [-0.1, -0.05) is 0 Å². The minimum absolute atomic E-state index is 0.101. The normalized spacial score (nSPS) is 16.4. The molecule has 0 saturated heterocycles. The van der Waals surface area contributed by atoms with E-state index in [9.17, 15) is 4.79 Å². The number of nitrogens with two attached hydrogens (primary N) is 1. The molecule has 1 aliphatic carbocycles. The fourth-order valence-electron chi connectivity index (χ4n) is 2.18. The zero-order valence-corrected chi connectivity index (χ0v) is 13.4. The van der Waals surface area contributed by atoms with Crippen molar-refractivity contribution in [2.24, 2.45) is 5.41 Å². The summed E-state index contributed by atoms with van der Waals surface area (Å²) in [5, 5.41) is 5.51. The summed E-state index contributed by atoms with van der Waals surface area (Å²) in [5.74, 6) is 0.772. The quantitative estimate of drug-likeness (QED) is 0.646. The Morgan fingerprint density at radius 3 is 2.70 bits per heavy atom. The summed E-state index contributed by atoms with van der Waals surface area (Å²) in [6, 6.07) is 0.282. The van der Waals surface area contributed by atoms with E-state index in [1.807, 2.05) is 11.6 Å². The van der Waals surface area contributed by atoms with Crippen molar-refractivity contribution in [2.45, 2.75) is 51.1 Å². The van der Waals surface area contributed by atoms with Crippen molar-refractivity contribution < 1.29 is 9.53 Å². The van der Waals surface area contributed by atoms with Crippen LogP contribution in [0.4, 0.5) is 5.69 Å². The highest BCUT2D eigenvalue weighted by Gasteiger charge is 2.45. The maximum absolute atomic E-state index is 11.5. The predicted molar refractivity (Wildman–Crippen MR) is 80.8 cm³/mol. The minimum atomic E-state index is -0.121. The molecule has 1 aromatic rings. The first kappa shape index (κ1) is 15.2. The lowest BCUT2D eigenvalue weighted by molar-refractivity contribution is -0.141. The molecule has 1 fully saturated rings. The van der Waals surface area contributed by atoms with Gasteiger partial charge < -0.3 is 10.5 Å². The third-order valence-electron chi connectivity index (χ3n) is 3.79. The number of anilines is 1. The summed E-state index contributed by atoms with van der Waals surface area (Å²) in [6.45, 7) is 6.12. The molecule has 0 spiro atoms. The first-order valence-electron chi connectivity index (χ1n) is 6.93. The van der Waals surface area contributed by atoms with Gasteiger partial charge in [0.15, 0.2) is 0 Å². The second-order valence-corrected chi connectivity index (χ2v) is 6.85. The molecule has 112 valence electrons. The van der Waals surface area contributed by atoms with Crippen molar-refractivity contribution in [3.05, 3.63) is 5.69 Å². The molecule has 0 bridgehead atoms. The summed E-state index contributed by atoms with van der Waals surface area (Å²) < 4.78 is 6.75. The Kier molecular flexibility index (Phi) is 4.32. The van der Waals surface area contributed by atoms with Gasteiger partial charge >= 0.3 is 5.97 Å². The standard InChI is InChI=1S/C14H23N3O2S/c1-9(2)17-13(12(15)10(3)16-17)20-8-14(5-6-14)7-11(18)19-4/h9H,5-8,15H2,1-4H3. The number of hydrogen-bond donors (Lipinski definition) is 1. The second kappa shape index (κ2) is 5.68. The van der Waals surface area contributed by atoms with Gasteiger partial charge in [0.2, 0.25) is 0 Å². The Bertz CT molecular complexity index is 507. The maximum Gasteiger partial charge on any atom is 0.306 e. The zero-order chi connectivity index (χ0) is 14.9. The molecule has 0 aliphatic heterocycles. The van der Waals surface area contributed by atoms with Crippen LogP contribution in [0.25, 0.3) is 0 Å². The molecule has 0 radical (unpaired) electrons. The van der Waals surface area contributed by atoms with E-state index in [2.05, 4.69) is 18.9 Å². The van der Waals surface area contributed by atoms with E-state index in [-0.39, 0.29) is 17.4 Å². The third kappa shape index (κ3) is 3.11. The van der Waals surface area contributed by atoms with Crippen LogP contribution in [0.15, 0.2) is 5.03 Å². The number of esters is 1. The monoisotopic (exact) mass is 297 g/mol. The number of ether oxygens (including phenoxy) is 1. The summed E-state index contributed by atoms with van der Waals surface area (Å²) in [6.07, 6.45) is 2.68. The molecule has 0 amide bonds. The first-order valence-corrected chi connectivity index (χ1v) is 7.91. The summed E-state index contributed by atoms with van der Waals surface area (Å²) in [7, 11) is 1.45. The van der Waals surface area contributed by atoms with Crippen LogP contribution < -0.4 is 5.73 Å². The molecule has 2 rings (SSSR count). The van der Waals surface area contributed by atoms with Crippen molar-refractivity contribution in [3.63, 3.8) is 0 Å². The average molecular weight is 297 g/mol. The molecule has 1 saturated carbocycles. The van der Waals surface area contributed by atoms with Crippen LogP contribution in [-0.4, -0.2) is 28.6 Å². The van der Waals surface area contributed by atoms with Crippen molar-refractivity contribution in [1.29, 1.82) is 0 Å². The largest absolute Gasteiger partial charge is 0.469 e. The number of hydrogen-bond acceptors (Lipinski definition) is 5. The Balaban J connectivity index is 2.06. The summed E-state index contributed by atoms with van der Waals surface area (Å²) in [4.78, 5) is 11.5. The SMILES string of the molecule is COC(=O)CC1(CSc2c(N)c(C)nn2C(C)C)CC1. The van der Waals surface area contributed by atoms with Crippen LogP contribution in [0.3, 0.4) is 0 Å². The van der Waals surface area contributed by atoms with Gasteiger partial charge in [0.25, 0.3) is 0 Å². The molecule has 0 aromatic carbocycles. The van der Waals surface area contributed by atoms with Gasteiger partial charge in [-0.05, 0) is 39.0 Å². The predicted octanol–water partition coefficient (Wildman–Crippen LogP) is 2.79. The summed E-state index contributed by atoms with van der Waals surface area (Å²) in [5.41, 5.74) is 7.86. The van der Waals surface area contributed by atoms with Crippen LogP contribution in [0.1, 0.15) is 44.8 Å².